The first-order chi connectivity index (χ1) is 8.04. The topological polar surface area (TPSA) is 49.8 Å². The number of aliphatic hydroxyl groups is 1. The number of carbonyl (C=O) groups is 1. The van der Waals surface area contributed by atoms with Gasteiger partial charge in [0.2, 0.25) is 0 Å². The van der Waals surface area contributed by atoms with Crippen molar-refractivity contribution in [2.24, 2.45) is 0 Å². The van der Waals surface area contributed by atoms with E-state index < -0.39 is 0 Å². The molecule has 0 aliphatic heterocycles. The highest BCUT2D eigenvalue weighted by Gasteiger charge is 2.09. The van der Waals surface area contributed by atoms with E-state index >= 15 is 0 Å². The number of ether oxygens (including phenoxy) is 1. The van der Waals surface area contributed by atoms with Crippen molar-refractivity contribution in [3.63, 3.8) is 0 Å². The fourth-order valence-corrected chi connectivity index (χ4v) is 1.53. The smallest absolute Gasteiger partial charge is 0.260 e. The first kappa shape index (κ1) is 13.8. The van der Waals surface area contributed by atoms with Crippen LogP contribution in [-0.2, 0) is 4.79 Å². The number of halogens is 1. The Bertz CT molecular complexity index is 395. The van der Waals surface area contributed by atoms with Gasteiger partial charge in [-0.3, -0.25) is 4.79 Å². The highest BCUT2D eigenvalue weighted by atomic mass is 35.5. The number of likely N-dealkylation sites (N-methyl/N-ethyl adjacent to an activating group) is 1. The van der Waals surface area contributed by atoms with E-state index in [1.165, 1.54) is 4.90 Å². The molecule has 0 fully saturated rings. The molecule has 94 valence electrons. The third-order valence-corrected chi connectivity index (χ3v) is 2.58. The summed E-state index contributed by atoms with van der Waals surface area (Å²) in [5.41, 5.74) is 0.884. The quantitative estimate of drug-likeness (QED) is 0.869. The maximum Gasteiger partial charge on any atom is 0.260 e. The Hall–Kier alpha value is -1.26. The van der Waals surface area contributed by atoms with Gasteiger partial charge >= 0.3 is 0 Å². The fourth-order valence-electron chi connectivity index (χ4n) is 1.30. The van der Waals surface area contributed by atoms with Crippen LogP contribution < -0.4 is 4.74 Å². The van der Waals surface area contributed by atoms with Crippen molar-refractivity contribution in [1.29, 1.82) is 0 Å². The van der Waals surface area contributed by atoms with Crippen LogP contribution in [-0.4, -0.2) is 42.7 Å². The zero-order chi connectivity index (χ0) is 12.8. The molecule has 0 spiro atoms. The van der Waals surface area contributed by atoms with E-state index in [1.807, 2.05) is 6.92 Å². The molecular weight excluding hydrogens is 242 g/mol. The second kappa shape index (κ2) is 6.47. The fraction of sp³-hybridized carbons (Fsp3) is 0.417. The molecule has 0 saturated heterocycles. The standard InChI is InChI=1S/C12H16ClNO3/c1-9-7-10(13)3-4-11(9)17-8-12(16)14(2)5-6-15/h3-4,7,15H,5-6,8H2,1-2H3. The number of rotatable bonds is 5. The number of carbonyl (C=O) groups excluding carboxylic acids is 1. The minimum Gasteiger partial charge on any atom is -0.483 e. The first-order valence-corrected chi connectivity index (χ1v) is 5.66. The summed E-state index contributed by atoms with van der Waals surface area (Å²) >= 11 is 5.81. The van der Waals surface area contributed by atoms with Crippen molar-refractivity contribution >= 4 is 17.5 Å². The van der Waals surface area contributed by atoms with E-state index in [9.17, 15) is 4.79 Å². The molecule has 0 radical (unpaired) electrons. The van der Waals surface area contributed by atoms with E-state index in [2.05, 4.69) is 0 Å². The summed E-state index contributed by atoms with van der Waals surface area (Å²) < 4.78 is 5.39. The van der Waals surface area contributed by atoms with E-state index in [0.29, 0.717) is 17.3 Å². The van der Waals surface area contributed by atoms with Crippen molar-refractivity contribution in [2.75, 3.05) is 26.8 Å². The average molecular weight is 258 g/mol. The normalized spacial score (nSPS) is 10.1. The molecule has 1 rings (SSSR count). The molecule has 0 aliphatic carbocycles. The molecule has 0 aliphatic rings. The second-order valence-corrected chi connectivity index (χ2v) is 4.17. The van der Waals surface area contributed by atoms with Gasteiger partial charge in [0, 0.05) is 18.6 Å². The predicted molar refractivity (Wildman–Crippen MR) is 66.4 cm³/mol. The lowest BCUT2D eigenvalue weighted by molar-refractivity contribution is -0.132. The van der Waals surface area contributed by atoms with E-state index in [1.54, 1.807) is 25.2 Å². The van der Waals surface area contributed by atoms with Gasteiger partial charge in [-0.25, -0.2) is 0 Å². The highest BCUT2D eigenvalue weighted by Crippen LogP contribution is 2.21. The Balaban J connectivity index is 2.53. The number of hydrogen-bond acceptors (Lipinski definition) is 3. The number of nitrogens with zero attached hydrogens (tertiary/aromatic N) is 1. The Morgan fingerprint density at radius 2 is 2.24 bits per heavy atom. The summed E-state index contributed by atoms with van der Waals surface area (Å²) in [6, 6.07) is 5.22. The minimum atomic E-state index is -0.173. The number of benzene rings is 1. The van der Waals surface area contributed by atoms with E-state index in [0.717, 1.165) is 5.56 Å². The van der Waals surface area contributed by atoms with Crippen molar-refractivity contribution in [3.05, 3.63) is 28.8 Å². The second-order valence-electron chi connectivity index (χ2n) is 3.74. The van der Waals surface area contributed by atoms with Gasteiger partial charge in [0.25, 0.3) is 5.91 Å². The Morgan fingerprint density at radius 1 is 1.53 bits per heavy atom. The van der Waals surface area contributed by atoms with Gasteiger partial charge in [-0.1, -0.05) is 11.6 Å². The summed E-state index contributed by atoms with van der Waals surface area (Å²) in [4.78, 5) is 13.0. The first-order valence-electron chi connectivity index (χ1n) is 5.28. The lowest BCUT2D eigenvalue weighted by Gasteiger charge is -2.16. The van der Waals surface area contributed by atoms with Gasteiger partial charge in [-0.15, -0.1) is 0 Å². The molecule has 0 aromatic heterocycles. The monoisotopic (exact) mass is 257 g/mol. The van der Waals surface area contributed by atoms with Gasteiger partial charge in [-0.2, -0.15) is 0 Å². The number of aryl methyl sites for hydroxylation is 1. The molecule has 0 bridgehead atoms. The van der Waals surface area contributed by atoms with Crippen LogP contribution in [0.1, 0.15) is 5.56 Å². The molecule has 0 unspecified atom stereocenters. The summed E-state index contributed by atoms with van der Waals surface area (Å²) in [7, 11) is 1.62. The Kier molecular flexibility index (Phi) is 5.25. The number of hydrogen-bond donors (Lipinski definition) is 1. The third-order valence-electron chi connectivity index (χ3n) is 2.35. The largest absolute Gasteiger partial charge is 0.483 e. The zero-order valence-electron chi connectivity index (χ0n) is 9.94. The Labute approximate surface area is 106 Å². The molecule has 1 aromatic rings. The summed E-state index contributed by atoms with van der Waals surface area (Å²) in [6.07, 6.45) is 0. The van der Waals surface area contributed by atoms with Crippen molar-refractivity contribution in [3.8, 4) is 5.75 Å². The van der Waals surface area contributed by atoms with Crippen LogP contribution in [0.4, 0.5) is 0 Å². The molecule has 1 amide bonds. The average Bonchev–Trinajstić information content (AvgIpc) is 2.27. The van der Waals surface area contributed by atoms with Crippen molar-refractivity contribution in [1.82, 2.24) is 4.90 Å². The summed E-state index contributed by atoms with van der Waals surface area (Å²) in [5.74, 6) is 0.466. The lowest BCUT2D eigenvalue weighted by atomic mass is 10.2. The van der Waals surface area contributed by atoms with E-state index in [-0.39, 0.29) is 19.1 Å². The van der Waals surface area contributed by atoms with E-state index in [4.69, 9.17) is 21.4 Å². The maximum absolute atomic E-state index is 11.5. The molecular formula is C12H16ClNO3. The summed E-state index contributed by atoms with van der Waals surface area (Å²) in [6.45, 7) is 2.08. The molecule has 0 saturated carbocycles. The van der Waals surface area contributed by atoms with Gasteiger partial charge in [0.1, 0.15) is 5.75 Å². The van der Waals surface area contributed by atoms with Crippen LogP contribution in [0.5, 0.6) is 5.75 Å². The van der Waals surface area contributed by atoms with Crippen LogP contribution in [0, 0.1) is 6.92 Å². The molecule has 4 nitrogen and oxygen atoms in total. The molecule has 0 atom stereocenters. The van der Waals surface area contributed by atoms with Crippen molar-refractivity contribution < 1.29 is 14.6 Å². The molecule has 1 N–H and O–H groups in total. The Morgan fingerprint density at radius 3 is 2.82 bits per heavy atom. The maximum atomic E-state index is 11.5. The lowest BCUT2D eigenvalue weighted by Crippen LogP contribution is -2.33. The minimum absolute atomic E-state index is 0.0427. The molecule has 0 heterocycles. The predicted octanol–water partition coefficient (Wildman–Crippen LogP) is 1.48. The molecule has 5 heteroatoms. The SMILES string of the molecule is Cc1cc(Cl)ccc1OCC(=O)N(C)CCO. The number of aliphatic hydroxyl groups excluding tert-OH is 1. The van der Waals surface area contributed by atoms with Crippen LogP contribution in [0.3, 0.4) is 0 Å². The molecule has 1 aromatic carbocycles. The van der Waals surface area contributed by atoms with Crippen LogP contribution in [0.25, 0.3) is 0 Å². The van der Waals surface area contributed by atoms with Crippen LogP contribution >= 0.6 is 11.6 Å². The zero-order valence-corrected chi connectivity index (χ0v) is 10.7. The summed E-state index contributed by atoms with van der Waals surface area (Å²) in [5, 5.41) is 9.33. The highest BCUT2D eigenvalue weighted by molar-refractivity contribution is 6.30. The van der Waals surface area contributed by atoms with Gasteiger partial charge in [0.15, 0.2) is 6.61 Å². The van der Waals surface area contributed by atoms with Crippen molar-refractivity contribution in [2.45, 2.75) is 6.92 Å². The number of amides is 1. The van der Waals surface area contributed by atoms with Gasteiger partial charge in [-0.05, 0) is 30.7 Å². The van der Waals surface area contributed by atoms with Crippen LogP contribution in [0.2, 0.25) is 5.02 Å². The van der Waals surface area contributed by atoms with Gasteiger partial charge in [0.05, 0.1) is 6.61 Å². The van der Waals surface area contributed by atoms with Gasteiger partial charge < -0.3 is 14.7 Å². The molecule has 17 heavy (non-hydrogen) atoms. The third kappa shape index (κ3) is 4.24. The van der Waals surface area contributed by atoms with Crippen LogP contribution in [0.15, 0.2) is 18.2 Å².